The van der Waals surface area contributed by atoms with Gasteiger partial charge in [0.25, 0.3) is 5.91 Å². The number of benzene rings is 2. The van der Waals surface area contributed by atoms with Gasteiger partial charge in [0.15, 0.2) is 0 Å². The van der Waals surface area contributed by atoms with Gasteiger partial charge in [-0.05, 0) is 85.9 Å². The van der Waals surface area contributed by atoms with Crippen molar-refractivity contribution in [1.82, 2.24) is 15.1 Å². The van der Waals surface area contributed by atoms with Gasteiger partial charge in [-0.2, -0.15) is 26.3 Å². The second-order valence-electron chi connectivity index (χ2n) is 10.9. The van der Waals surface area contributed by atoms with Gasteiger partial charge in [-0.15, -0.1) is 0 Å². The molecule has 4 rings (SSSR count). The average molecular weight is 637 g/mol. The van der Waals surface area contributed by atoms with Crippen molar-refractivity contribution in [1.29, 1.82) is 0 Å². The maximum Gasteiger partial charge on any atom is 0.416 e. The summed E-state index contributed by atoms with van der Waals surface area (Å²) in [5.74, 6) is -0.942. The van der Waals surface area contributed by atoms with E-state index in [1.54, 1.807) is 37.3 Å². The second kappa shape index (κ2) is 13.3. The number of piperidine rings is 1. The molecule has 0 bridgehead atoms. The molecule has 3 atom stereocenters. The third-order valence-electron chi connectivity index (χ3n) is 7.87. The number of alkyl halides is 6. The molecule has 45 heavy (non-hydrogen) atoms. The van der Waals surface area contributed by atoms with Crippen LogP contribution < -0.4 is 5.32 Å². The summed E-state index contributed by atoms with van der Waals surface area (Å²) in [7, 11) is 1.30. The van der Waals surface area contributed by atoms with Crippen LogP contribution >= 0.6 is 0 Å². The number of halogens is 7. The van der Waals surface area contributed by atoms with E-state index in [2.05, 4.69) is 10.3 Å². The Hall–Kier alpha value is -4.42. The third-order valence-corrected chi connectivity index (χ3v) is 7.87. The van der Waals surface area contributed by atoms with Crippen LogP contribution in [0, 0.1) is 12.7 Å². The van der Waals surface area contributed by atoms with Gasteiger partial charge in [0.1, 0.15) is 11.5 Å². The Morgan fingerprint density at radius 2 is 1.62 bits per heavy atom. The smallest absolute Gasteiger partial charge is 0.348 e. The number of nitrogens with zero attached hydrogens (tertiary/aromatic N) is 3. The van der Waals surface area contributed by atoms with E-state index < -0.39 is 59.4 Å². The summed E-state index contributed by atoms with van der Waals surface area (Å²) in [6.07, 6.45) is 0.242. The monoisotopic (exact) mass is 636 g/mol. The van der Waals surface area contributed by atoms with E-state index >= 15 is 0 Å². The lowest BCUT2D eigenvalue weighted by atomic mass is 9.89. The fourth-order valence-corrected chi connectivity index (χ4v) is 5.33. The number of nitrogens with one attached hydrogen (secondary N) is 1. The molecular weight excluding hydrogens is 605 g/mol. The molecule has 0 spiro atoms. The van der Waals surface area contributed by atoms with Crippen molar-refractivity contribution >= 4 is 18.2 Å². The Morgan fingerprint density at radius 1 is 0.978 bits per heavy atom. The highest BCUT2D eigenvalue weighted by molar-refractivity contribution is 5.95. The summed E-state index contributed by atoms with van der Waals surface area (Å²) in [5.41, 5.74) is -2.03. The molecule has 0 radical (unpaired) electrons. The molecule has 2 aromatic rings. The van der Waals surface area contributed by atoms with Crippen LogP contribution in [0.5, 0.6) is 0 Å². The van der Waals surface area contributed by atoms with Crippen molar-refractivity contribution in [2.75, 3.05) is 13.6 Å². The topological polar surface area (TPSA) is 65.0 Å². The van der Waals surface area contributed by atoms with E-state index in [0.29, 0.717) is 29.7 Å². The zero-order chi connectivity index (χ0) is 33.1. The summed E-state index contributed by atoms with van der Waals surface area (Å²) in [6, 6.07) is 2.32. The lowest BCUT2D eigenvalue weighted by Gasteiger charge is -2.43. The summed E-state index contributed by atoms with van der Waals surface area (Å²) in [5, 5.41) is 2.93. The van der Waals surface area contributed by atoms with Crippen LogP contribution in [0.3, 0.4) is 0 Å². The van der Waals surface area contributed by atoms with Crippen LogP contribution in [0.15, 0.2) is 77.5 Å². The Bertz CT molecular complexity index is 1530. The third kappa shape index (κ3) is 8.00. The molecule has 0 aliphatic carbocycles. The minimum Gasteiger partial charge on any atom is -0.348 e. The van der Waals surface area contributed by atoms with Gasteiger partial charge < -0.3 is 15.1 Å². The minimum absolute atomic E-state index is 0.0371. The first-order chi connectivity index (χ1) is 21.1. The molecule has 3 amide bonds. The van der Waals surface area contributed by atoms with Crippen LogP contribution in [0.1, 0.15) is 59.7 Å². The summed E-state index contributed by atoms with van der Waals surface area (Å²) in [6.45, 7) is 3.08. The van der Waals surface area contributed by atoms with Gasteiger partial charge in [0.2, 0.25) is 0 Å². The molecule has 0 saturated carbocycles. The van der Waals surface area contributed by atoms with E-state index in [9.17, 15) is 40.3 Å². The molecule has 1 fully saturated rings. The number of likely N-dealkylation sites (tertiary alicyclic amines) is 1. The number of hydrogen-bond acceptors (Lipinski definition) is 3. The highest BCUT2D eigenvalue weighted by Crippen LogP contribution is 2.39. The zero-order valence-corrected chi connectivity index (χ0v) is 24.6. The van der Waals surface area contributed by atoms with Crippen molar-refractivity contribution in [3.05, 3.63) is 106 Å². The molecule has 0 aromatic heterocycles. The maximum absolute atomic E-state index is 14.0. The number of aryl methyl sites for hydroxylation is 1. The van der Waals surface area contributed by atoms with Crippen LogP contribution in [-0.2, 0) is 17.1 Å². The van der Waals surface area contributed by atoms with Crippen LogP contribution in [0.2, 0.25) is 0 Å². The van der Waals surface area contributed by atoms with E-state index in [-0.39, 0.29) is 30.3 Å². The van der Waals surface area contributed by atoms with Crippen molar-refractivity contribution in [3.63, 3.8) is 0 Å². The average Bonchev–Trinajstić information content (AvgIpc) is 2.94. The highest BCUT2D eigenvalue weighted by Gasteiger charge is 2.40. The first-order valence-corrected chi connectivity index (χ1v) is 14.0. The predicted molar refractivity (Wildman–Crippen MR) is 155 cm³/mol. The largest absolute Gasteiger partial charge is 0.416 e. The fourth-order valence-electron chi connectivity index (χ4n) is 5.33. The Labute approximate surface area is 255 Å². The Morgan fingerprint density at radius 3 is 2.24 bits per heavy atom. The van der Waals surface area contributed by atoms with Crippen LogP contribution in [0.4, 0.5) is 35.5 Å². The summed E-state index contributed by atoms with van der Waals surface area (Å²) in [4.78, 5) is 33.6. The highest BCUT2D eigenvalue weighted by atomic mass is 19.4. The van der Waals surface area contributed by atoms with E-state index in [1.807, 2.05) is 0 Å². The Balaban J connectivity index is 1.62. The number of allylic oxidation sites excluding steroid dienone is 5. The molecule has 13 heteroatoms. The minimum atomic E-state index is -5.04. The normalized spacial score (nSPS) is 22.7. The molecule has 2 aromatic carbocycles. The van der Waals surface area contributed by atoms with Gasteiger partial charge in [-0.3, -0.25) is 9.79 Å². The number of amides is 3. The lowest BCUT2D eigenvalue weighted by Crippen LogP contribution is -2.51. The quantitative estimate of drug-likeness (QED) is 0.342. The number of rotatable bonds is 5. The number of aliphatic imine (C=N–C) groups is 1. The zero-order valence-electron chi connectivity index (χ0n) is 24.6. The molecule has 1 saturated heterocycles. The first-order valence-electron chi connectivity index (χ1n) is 14.0. The molecule has 2 heterocycles. The van der Waals surface area contributed by atoms with Crippen molar-refractivity contribution < 1.29 is 40.3 Å². The number of carbonyl (C=O) groups excluding carboxylic acids is 2. The van der Waals surface area contributed by atoms with E-state index in [0.717, 1.165) is 4.90 Å². The van der Waals surface area contributed by atoms with Crippen LogP contribution in [-0.4, -0.2) is 47.6 Å². The molecule has 1 N–H and O–H groups in total. The van der Waals surface area contributed by atoms with Gasteiger partial charge in [0, 0.05) is 25.8 Å². The molecule has 0 unspecified atom stereocenters. The number of urea groups is 1. The standard InChI is InChI=1S/C32H31F7N4O2/c1-19-14-24(33)9-10-26(19)28-18-25(41-29(44)27-8-6-4-5-7-12-40-27)11-13-43(28)30(45)42(3)20(2)21-15-22(31(34,35)36)17-23(16-21)32(37,38)39/h4-10,12,14-17,20,25,28H,11,13,18H2,1-3H3,(H,41,44)/b5-4?,6-4+,7-5+,8-6?,12-7?,27-8-,40-12-,40-27?/t20-,25-,28+/m0/s1. The molecule has 2 aliphatic rings. The van der Waals surface area contributed by atoms with Crippen LogP contribution in [0.25, 0.3) is 0 Å². The first kappa shape index (κ1) is 33.5. The Kier molecular flexibility index (Phi) is 9.89. The number of hydrogen-bond donors (Lipinski definition) is 1. The molecule has 2 aliphatic heterocycles. The van der Waals surface area contributed by atoms with Crippen molar-refractivity contribution in [2.45, 2.75) is 57.2 Å². The molecular formula is C32H31F7N4O2. The fraction of sp³-hybridized carbons (Fsp3) is 0.344. The summed E-state index contributed by atoms with van der Waals surface area (Å²) >= 11 is 0. The van der Waals surface area contributed by atoms with Crippen molar-refractivity contribution in [3.8, 4) is 0 Å². The lowest BCUT2D eigenvalue weighted by molar-refractivity contribution is -0.143. The predicted octanol–water partition coefficient (Wildman–Crippen LogP) is 7.69. The van der Waals surface area contributed by atoms with Gasteiger partial charge in [-0.25, -0.2) is 9.18 Å². The SMILES string of the molecule is Cc1cc(F)ccc1[C@H]1C[C@@H](NC(=O)C2=C/C=C/C=C/C=N\2)CCN1C(=O)N(C)[C@@H](C)c1cc(C(F)(F)F)cc(C(F)(F)F)c1. The van der Waals surface area contributed by atoms with E-state index in [4.69, 9.17) is 0 Å². The molecule has 240 valence electrons. The van der Waals surface area contributed by atoms with Gasteiger partial charge >= 0.3 is 18.4 Å². The van der Waals surface area contributed by atoms with Crippen molar-refractivity contribution in [2.24, 2.45) is 4.99 Å². The van der Waals surface area contributed by atoms with E-state index in [1.165, 1.54) is 43.3 Å². The molecule has 6 nitrogen and oxygen atoms in total. The maximum atomic E-state index is 14.0. The number of carbonyl (C=O) groups is 2. The summed E-state index contributed by atoms with van der Waals surface area (Å²) < 4.78 is 95.1. The van der Waals surface area contributed by atoms with Gasteiger partial charge in [-0.1, -0.05) is 24.3 Å². The van der Waals surface area contributed by atoms with Gasteiger partial charge in [0.05, 0.1) is 23.2 Å². The second-order valence-corrected chi connectivity index (χ2v) is 10.9.